The summed E-state index contributed by atoms with van der Waals surface area (Å²) in [6.45, 7) is 1.91. The summed E-state index contributed by atoms with van der Waals surface area (Å²) in [5, 5.41) is 18.2. The Kier molecular flexibility index (Phi) is 10.7. The summed E-state index contributed by atoms with van der Waals surface area (Å²) in [4.78, 5) is 10.8. The number of rotatable bonds is 4. The van der Waals surface area contributed by atoms with Crippen molar-refractivity contribution in [2.45, 2.75) is 25.8 Å². The van der Waals surface area contributed by atoms with Crippen LogP contribution in [0.25, 0.3) is 0 Å². The van der Waals surface area contributed by atoms with Crippen LogP contribution >= 0.6 is 12.2 Å². The molecule has 0 aliphatic carbocycles. The number of aliphatic carboxylic acids is 1. The van der Waals surface area contributed by atoms with Gasteiger partial charge in [0.25, 0.3) is 0 Å². The monoisotopic (exact) mass is 248 g/mol. The van der Waals surface area contributed by atoms with Crippen LogP contribution in [-0.4, -0.2) is 90.4 Å². The quantitative estimate of drug-likeness (QED) is 0.579. The molecule has 2 radical (unpaired) electrons. The van der Waals surface area contributed by atoms with Crippen molar-refractivity contribution in [2.24, 2.45) is 0 Å². The van der Waals surface area contributed by atoms with Crippen LogP contribution in [0.5, 0.6) is 0 Å². The van der Waals surface area contributed by atoms with Gasteiger partial charge in [-0.1, -0.05) is 23.7 Å². The molecule has 0 saturated heterocycles. The van der Waals surface area contributed by atoms with Gasteiger partial charge in [-0.05, 0) is 18.6 Å². The molecule has 1 heterocycles. The van der Waals surface area contributed by atoms with Gasteiger partial charge in [-0.2, -0.15) is 5.21 Å². The van der Waals surface area contributed by atoms with Crippen molar-refractivity contribution in [3.05, 3.63) is 4.77 Å². The fourth-order valence-corrected chi connectivity index (χ4v) is 1.25. The van der Waals surface area contributed by atoms with Crippen molar-refractivity contribution < 1.29 is 9.90 Å². The van der Waals surface area contributed by atoms with Gasteiger partial charge >= 0.3 is 5.97 Å². The Morgan fingerprint density at radius 3 is 2.60 bits per heavy atom. The number of carboxylic acid groups (broad SMARTS) is 1. The van der Waals surface area contributed by atoms with Crippen LogP contribution in [0.1, 0.15) is 25.8 Å². The first-order valence-electron chi connectivity index (χ1n) is 3.89. The molecular formula is C6H10N4Na2O2S. The van der Waals surface area contributed by atoms with Gasteiger partial charge in [-0.25, -0.2) is 9.48 Å². The minimum Gasteiger partial charge on any atom is -0.480 e. The summed E-state index contributed by atoms with van der Waals surface area (Å²) in [5.41, 5.74) is 0. The molecule has 1 aromatic rings. The Hall–Kier alpha value is 0.760. The van der Waals surface area contributed by atoms with E-state index in [4.69, 9.17) is 17.3 Å². The molecule has 0 aromatic carbocycles. The Labute approximate surface area is 136 Å². The number of hydrogen-bond donors (Lipinski definition) is 2. The molecule has 0 bridgehead atoms. The van der Waals surface area contributed by atoms with E-state index in [1.54, 1.807) is 0 Å². The van der Waals surface area contributed by atoms with Crippen LogP contribution in [0.4, 0.5) is 0 Å². The van der Waals surface area contributed by atoms with Crippen molar-refractivity contribution >= 4 is 77.3 Å². The van der Waals surface area contributed by atoms with Crippen LogP contribution < -0.4 is 0 Å². The van der Waals surface area contributed by atoms with Crippen LogP contribution in [0.15, 0.2) is 0 Å². The zero-order valence-corrected chi connectivity index (χ0v) is 13.9. The van der Waals surface area contributed by atoms with Gasteiger partial charge in [0, 0.05) is 59.1 Å². The molecule has 1 aromatic heterocycles. The molecule has 0 spiro atoms. The number of hydrogen-bond acceptors (Lipinski definition) is 4. The number of nitrogens with one attached hydrogen (secondary N) is 1. The van der Waals surface area contributed by atoms with E-state index in [0.717, 1.165) is 6.42 Å². The van der Waals surface area contributed by atoms with Crippen LogP contribution in [-0.2, 0) is 4.79 Å². The molecule has 1 rings (SSSR count). The first-order valence-corrected chi connectivity index (χ1v) is 4.30. The van der Waals surface area contributed by atoms with Gasteiger partial charge in [-0.3, -0.25) is 0 Å². The first kappa shape index (κ1) is 18.1. The van der Waals surface area contributed by atoms with E-state index in [-0.39, 0.29) is 63.9 Å². The van der Waals surface area contributed by atoms with Gasteiger partial charge in [0.15, 0.2) is 6.04 Å². The van der Waals surface area contributed by atoms with E-state index >= 15 is 0 Å². The van der Waals surface area contributed by atoms with E-state index in [9.17, 15) is 4.79 Å². The largest absolute Gasteiger partial charge is 0.480 e. The van der Waals surface area contributed by atoms with Gasteiger partial charge < -0.3 is 5.11 Å². The van der Waals surface area contributed by atoms with Crippen LogP contribution in [0.2, 0.25) is 0 Å². The smallest absolute Gasteiger partial charge is 0.328 e. The van der Waals surface area contributed by atoms with Crippen molar-refractivity contribution in [1.82, 2.24) is 20.2 Å². The maximum absolute atomic E-state index is 10.8. The molecule has 2 N–H and O–H groups in total. The Morgan fingerprint density at radius 1 is 1.67 bits per heavy atom. The third kappa shape index (κ3) is 5.08. The summed E-state index contributed by atoms with van der Waals surface area (Å²) >= 11 is 4.79. The van der Waals surface area contributed by atoms with Crippen molar-refractivity contribution in [1.29, 1.82) is 0 Å². The third-order valence-corrected chi connectivity index (χ3v) is 1.93. The summed E-state index contributed by atoms with van der Waals surface area (Å²) < 4.78 is 1.45. The molecule has 0 amide bonds. The van der Waals surface area contributed by atoms with Gasteiger partial charge in [0.1, 0.15) is 0 Å². The molecule has 0 saturated carbocycles. The van der Waals surface area contributed by atoms with Gasteiger partial charge in [0.2, 0.25) is 4.77 Å². The maximum Gasteiger partial charge on any atom is 0.328 e. The normalized spacial score (nSPS) is 11.0. The second-order valence-electron chi connectivity index (χ2n) is 2.60. The second kappa shape index (κ2) is 8.86. The molecule has 1 unspecified atom stereocenters. The molecule has 1 atom stereocenters. The third-order valence-electron chi connectivity index (χ3n) is 1.65. The fraction of sp³-hybridized carbons (Fsp3) is 0.667. The van der Waals surface area contributed by atoms with E-state index in [0.29, 0.717) is 6.42 Å². The summed E-state index contributed by atoms with van der Waals surface area (Å²) in [6, 6.07) is -0.688. The molecule has 6 nitrogen and oxygen atoms in total. The fourth-order valence-electron chi connectivity index (χ4n) is 1.04. The molecule has 15 heavy (non-hydrogen) atoms. The minimum absolute atomic E-state index is 0. The molecule has 74 valence electrons. The zero-order valence-electron chi connectivity index (χ0n) is 9.10. The Morgan fingerprint density at radius 2 is 2.27 bits per heavy atom. The predicted octanol–water partition coefficient (Wildman–Crippen LogP) is -0.000110. The number of aromatic nitrogens is 4. The number of aromatic amines is 1. The molecule has 9 heteroatoms. The van der Waals surface area contributed by atoms with Crippen LogP contribution in [0, 0.1) is 4.77 Å². The molecule has 0 fully saturated rings. The minimum atomic E-state index is -0.927. The van der Waals surface area contributed by atoms with E-state index < -0.39 is 12.0 Å². The van der Waals surface area contributed by atoms with E-state index in [1.807, 2.05) is 6.92 Å². The van der Waals surface area contributed by atoms with Crippen molar-refractivity contribution in [3.63, 3.8) is 0 Å². The maximum atomic E-state index is 10.8. The predicted molar refractivity (Wildman–Crippen MR) is 58.3 cm³/mol. The van der Waals surface area contributed by atoms with Crippen LogP contribution in [0.3, 0.4) is 0 Å². The molecule has 0 aliphatic heterocycles. The number of tetrazole rings is 1. The summed E-state index contributed by atoms with van der Waals surface area (Å²) in [7, 11) is 0. The number of carbonyl (C=O) groups is 1. The Balaban J connectivity index is 0. The van der Waals surface area contributed by atoms with Crippen molar-refractivity contribution in [3.8, 4) is 0 Å². The van der Waals surface area contributed by atoms with Crippen molar-refractivity contribution in [2.75, 3.05) is 0 Å². The average Bonchev–Trinajstić information content (AvgIpc) is 2.47. The SMILES string of the molecule is CCCC(C(=O)O)n1[nH]nnc1=S.[Na].[Na]. The molecular weight excluding hydrogens is 238 g/mol. The van der Waals surface area contributed by atoms with E-state index in [2.05, 4.69) is 15.5 Å². The number of carboxylic acids is 1. The molecule has 0 aliphatic rings. The van der Waals surface area contributed by atoms with Gasteiger partial charge in [-0.15, -0.1) is 0 Å². The Bertz CT molecular complexity index is 353. The summed E-state index contributed by atoms with van der Waals surface area (Å²) in [5.74, 6) is -0.927. The second-order valence-corrected chi connectivity index (χ2v) is 2.96. The number of H-pyrrole nitrogens is 1. The van der Waals surface area contributed by atoms with Gasteiger partial charge in [0.05, 0.1) is 0 Å². The summed E-state index contributed by atoms with van der Waals surface area (Å²) in [6.07, 6.45) is 1.27. The topological polar surface area (TPSA) is 83.8 Å². The number of nitrogens with zero attached hydrogens (tertiary/aromatic N) is 3. The van der Waals surface area contributed by atoms with E-state index in [1.165, 1.54) is 4.68 Å². The standard InChI is InChI=1S/C6H10N4O2S.2Na/c1-2-3-4(5(11)12)10-6(13)7-8-9-10;;/h4H,2-3H2,1H3,(H,11,12)(H,7,9,13);;. The first-order chi connectivity index (χ1) is 6.16. The zero-order chi connectivity index (χ0) is 9.84. The average molecular weight is 248 g/mol.